The number of amides is 1. The molecule has 3 rings (SSSR count). The summed E-state index contributed by atoms with van der Waals surface area (Å²) in [6.07, 6.45) is 1.71. The lowest BCUT2D eigenvalue weighted by Crippen LogP contribution is -2.13. The van der Waals surface area contributed by atoms with Crippen LogP contribution in [0, 0.1) is 0 Å². The Balaban J connectivity index is 1.87. The Morgan fingerprint density at radius 3 is 3.12 bits per heavy atom. The van der Waals surface area contributed by atoms with Crippen molar-refractivity contribution in [1.29, 1.82) is 0 Å². The Morgan fingerprint density at radius 2 is 2.29 bits per heavy atom. The zero-order valence-electron chi connectivity index (χ0n) is 8.51. The molecule has 8 nitrogen and oxygen atoms in total. The monoisotopic (exact) mass is 229 g/mol. The van der Waals surface area contributed by atoms with Crippen LogP contribution in [0.25, 0.3) is 10.9 Å². The Kier molecular flexibility index (Phi) is 2.04. The van der Waals surface area contributed by atoms with E-state index in [9.17, 15) is 4.79 Å². The van der Waals surface area contributed by atoms with Crippen LogP contribution in [0.1, 0.15) is 10.6 Å². The van der Waals surface area contributed by atoms with Crippen molar-refractivity contribution in [2.75, 3.05) is 5.32 Å². The average Bonchev–Trinajstić information content (AvgIpc) is 2.99. The summed E-state index contributed by atoms with van der Waals surface area (Å²) in [5, 5.41) is 23.0. The second-order valence-electron chi connectivity index (χ2n) is 3.36. The topological polar surface area (TPSA) is 112 Å². The maximum absolute atomic E-state index is 11.6. The molecule has 3 N–H and O–H groups in total. The van der Waals surface area contributed by atoms with Gasteiger partial charge in [0.05, 0.1) is 11.7 Å². The Labute approximate surface area is 94.4 Å². The van der Waals surface area contributed by atoms with Crippen molar-refractivity contribution in [3.8, 4) is 0 Å². The highest BCUT2D eigenvalue weighted by Crippen LogP contribution is 2.16. The maximum atomic E-state index is 11.6. The summed E-state index contributed by atoms with van der Waals surface area (Å²) in [5.74, 6) is -0.424. The van der Waals surface area contributed by atoms with E-state index in [1.54, 1.807) is 18.3 Å². The third-order valence-corrected chi connectivity index (χ3v) is 2.25. The van der Waals surface area contributed by atoms with Crippen LogP contribution in [-0.2, 0) is 0 Å². The van der Waals surface area contributed by atoms with Crippen molar-refractivity contribution in [3.05, 3.63) is 30.2 Å². The fourth-order valence-electron chi connectivity index (χ4n) is 1.46. The van der Waals surface area contributed by atoms with E-state index in [1.165, 1.54) is 0 Å². The van der Waals surface area contributed by atoms with Gasteiger partial charge in [0, 0.05) is 11.1 Å². The minimum Gasteiger partial charge on any atom is -0.319 e. The number of aromatic nitrogens is 6. The van der Waals surface area contributed by atoms with Crippen LogP contribution < -0.4 is 5.32 Å². The van der Waals surface area contributed by atoms with Gasteiger partial charge < -0.3 is 5.32 Å². The number of anilines is 1. The molecule has 84 valence electrons. The SMILES string of the molecule is O=C(Nc1ccc2cn[nH]c2c1)c1nn[nH]n1. The van der Waals surface area contributed by atoms with Gasteiger partial charge in [-0.1, -0.05) is 0 Å². The molecule has 0 saturated carbocycles. The summed E-state index contributed by atoms with van der Waals surface area (Å²) in [5.41, 5.74) is 1.48. The first-order chi connectivity index (χ1) is 8.33. The molecule has 0 atom stereocenters. The smallest absolute Gasteiger partial charge is 0.297 e. The standard InChI is InChI=1S/C9H7N7O/c17-9(8-13-15-16-14-8)11-6-2-1-5-4-10-12-7(5)3-6/h1-4H,(H,10,12)(H,11,17)(H,13,14,15,16). The van der Waals surface area contributed by atoms with Gasteiger partial charge in [0.15, 0.2) is 0 Å². The van der Waals surface area contributed by atoms with Gasteiger partial charge in [-0.2, -0.15) is 10.3 Å². The van der Waals surface area contributed by atoms with Gasteiger partial charge >= 0.3 is 0 Å². The van der Waals surface area contributed by atoms with Crippen molar-refractivity contribution in [2.24, 2.45) is 0 Å². The average molecular weight is 229 g/mol. The third-order valence-electron chi connectivity index (χ3n) is 2.25. The lowest BCUT2D eigenvalue weighted by molar-refractivity contribution is 0.101. The van der Waals surface area contributed by atoms with Crippen molar-refractivity contribution in [1.82, 2.24) is 30.8 Å². The van der Waals surface area contributed by atoms with Gasteiger partial charge in [-0.15, -0.1) is 10.2 Å². The molecule has 0 unspecified atom stereocenters. The summed E-state index contributed by atoms with van der Waals surface area (Å²) in [6.45, 7) is 0. The van der Waals surface area contributed by atoms with Crippen LogP contribution in [0.5, 0.6) is 0 Å². The molecule has 2 heterocycles. The number of tetrazole rings is 1. The van der Waals surface area contributed by atoms with E-state index in [0.717, 1.165) is 10.9 Å². The molecule has 17 heavy (non-hydrogen) atoms. The fraction of sp³-hybridized carbons (Fsp3) is 0. The number of hydrogen-bond donors (Lipinski definition) is 3. The summed E-state index contributed by atoms with van der Waals surface area (Å²) in [4.78, 5) is 11.6. The first-order valence-electron chi connectivity index (χ1n) is 4.81. The van der Waals surface area contributed by atoms with E-state index < -0.39 is 5.91 Å². The van der Waals surface area contributed by atoms with E-state index in [-0.39, 0.29) is 5.82 Å². The quantitative estimate of drug-likeness (QED) is 0.586. The van der Waals surface area contributed by atoms with Crippen molar-refractivity contribution >= 4 is 22.5 Å². The number of nitrogens with one attached hydrogen (secondary N) is 3. The highest BCUT2D eigenvalue weighted by atomic mass is 16.2. The molecule has 0 spiro atoms. The summed E-state index contributed by atoms with van der Waals surface area (Å²) in [7, 11) is 0. The number of benzene rings is 1. The highest BCUT2D eigenvalue weighted by molar-refractivity contribution is 6.02. The van der Waals surface area contributed by atoms with Crippen molar-refractivity contribution in [3.63, 3.8) is 0 Å². The molecule has 1 aromatic carbocycles. The Bertz CT molecular complexity index is 657. The van der Waals surface area contributed by atoms with Gasteiger partial charge in [0.2, 0.25) is 0 Å². The molecule has 0 radical (unpaired) electrons. The Morgan fingerprint density at radius 1 is 1.35 bits per heavy atom. The number of rotatable bonds is 2. The van der Waals surface area contributed by atoms with Crippen molar-refractivity contribution in [2.45, 2.75) is 0 Å². The number of fused-ring (bicyclic) bond motifs is 1. The zero-order valence-corrected chi connectivity index (χ0v) is 8.51. The number of hydrogen-bond acceptors (Lipinski definition) is 5. The number of carbonyl (C=O) groups excluding carboxylic acids is 1. The van der Waals surface area contributed by atoms with Crippen LogP contribution in [0.15, 0.2) is 24.4 Å². The molecule has 0 bridgehead atoms. The Hall–Kier alpha value is -2.77. The molecule has 0 fully saturated rings. The molecule has 3 aromatic rings. The van der Waals surface area contributed by atoms with Gasteiger partial charge in [-0.05, 0) is 23.4 Å². The van der Waals surface area contributed by atoms with Crippen molar-refractivity contribution < 1.29 is 4.79 Å². The minimum absolute atomic E-state index is 0.00490. The van der Waals surface area contributed by atoms with Crippen LogP contribution in [-0.4, -0.2) is 36.7 Å². The minimum atomic E-state index is -0.419. The number of H-pyrrole nitrogens is 2. The highest BCUT2D eigenvalue weighted by Gasteiger charge is 2.10. The number of aromatic amines is 2. The zero-order chi connectivity index (χ0) is 11.7. The molecule has 2 aromatic heterocycles. The molecular weight excluding hydrogens is 222 g/mol. The first kappa shape index (κ1) is 9.46. The molecule has 0 aliphatic heterocycles. The van der Waals surface area contributed by atoms with Crippen LogP contribution in [0.2, 0.25) is 0 Å². The van der Waals surface area contributed by atoms with E-state index in [0.29, 0.717) is 5.69 Å². The molecule has 0 aliphatic carbocycles. The van der Waals surface area contributed by atoms with Gasteiger partial charge in [0.25, 0.3) is 11.7 Å². The van der Waals surface area contributed by atoms with E-state index in [2.05, 4.69) is 36.1 Å². The second-order valence-corrected chi connectivity index (χ2v) is 3.36. The molecule has 1 amide bonds. The molecule has 8 heteroatoms. The maximum Gasteiger partial charge on any atom is 0.297 e. The van der Waals surface area contributed by atoms with Gasteiger partial charge in [-0.3, -0.25) is 9.89 Å². The summed E-state index contributed by atoms with van der Waals surface area (Å²) < 4.78 is 0. The number of carbonyl (C=O) groups is 1. The number of nitrogens with zero attached hydrogens (tertiary/aromatic N) is 4. The fourth-order valence-corrected chi connectivity index (χ4v) is 1.46. The lowest BCUT2D eigenvalue weighted by Gasteiger charge is -2.01. The summed E-state index contributed by atoms with van der Waals surface area (Å²) in [6, 6.07) is 5.40. The third kappa shape index (κ3) is 1.71. The first-order valence-corrected chi connectivity index (χ1v) is 4.81. The van der Waals surface area contributed by atoms with E-state index >= 15 is 0 Å². The van der Waals surface area contributed by atoms with Crippen LogP contribution in [0.3, 0.4) is 0 Å². The van der Waals surface area contributed by atoms with Crippen LogP contribution >= 0.6 is 0 Å². The molecule has 0 aliphatic rings. The largest absolute Gasteiger partial charge is 0.319 e. The van der Waals surface area contributed by atoms with E-state index in [4.69, 9.17) is 0 Å². The predicted molar refractivity (Wildman–Crippen MR) is 58.2 cm³/mol. The van der Waals surface area contributed by atoms with Gasteiger partial charge in [-0.25, -0.2) is 0 Å². The predicted octanol–water partition coefficient (Wildman–Crippen LogP) is 0.328. The molecular formula is C9H7N7O. The molecule has 0 saturated heterocycles. The summed E-state index contributed by atoms with van der Waals surface area (Å²) >= 11 is 0. The lowest BCUT2D eigenvalue weighted by atomic mass is 10.2. The van der Waals surface area contributed by atoms with Crippen LogP contribution in [0.4, 0.5) is 5.69 Å². The van der Waals surface area contributed by atoms with E-state index in [1.807, 2.05) is 6.07 Å². The second kappa shape index (κ2) is 3.67. The normalized spacial score (nSPS) is 10.6. The van der Waals surface area contributed by atoms with Gasteiger partial charge in [0.1, 0.15) is 0 Å².